The van der Waals surface area contributed by atoms with Crippen LogP contribution in [-0.2, 0) is 0 Å². The quantitative estimate of drug-likeness (QED) is 0.501. The van der Waals surface area contributed by atoms with Gasteiger partial charge in [-0.1, -0.05) is 0 Å². The molecule has 0 saturated carbocycles. The van der Waals surface area contributed by atoms with Gasteiger partial charge in [-0.2, -0.15) is 0 Å². The van der Waals surface area contributed by atoms with E-state index in [0.29, 0.717) is 22.6 Å². The molecule has 2 rings (SSSR count). The Hall–Kier alpha value is -0.410. The Morgan fingerprint density at radius 2 is 0.933 bits per heavy atom. The summed E-state index contributed by atoms with van der Waals surface area (Å²) in [5.74, 6) is 0. The molecule has 5 heteroatoms. The van der Waals surface area contributed by atoms with Gasteiger partial charge in [-0.3, -0.25) is 0 Å². The molecule has 2 nitrogen and oxygen atoms in total. The molecule has 0 atom stereocenters. The van der Waals surface area contributed by atoms with Gasteiger partial charge in [-0.15, -0.1) is 0 Å². The first-order chi connectivity index (χ1) is 13.9. The molecule has 0 amide bonds. The van der Waals surface area contributed by atoms with Crippen LogP contribution in [0, 0.1) is 0 Å². The molecule has 30 heavy (non-hydrogen) atoms. The van der Waals surface area contributed by atoms with E-state index in [9.17, 15) is 0 Å². The number of hydrogen-bond acceptors (Lipinski definition) is 2. The molecule has 0 spiro atoms. The molecule has 0 unspecified atom stereocenters. The van der Waals surface area contributed by atoms with Crippen molar-refractivity contribution in [1.82, 2.24) is 9.97 Å². The molecule has 0 radical (unpaired) electrons. The van der Waals surface area contributed by atoms with Crippen molar-refractivity contribution in [2.75, 3.05) is 20.0 Å². The van der Waals surface area contributed by atoms with E-state index in [-0.39, 0.29) is 0 Å². The molecule has 0 aliphatic heterocycles. The van der Waals surface area contributed by atoms with Gasteiger partial charge in [0.2, 0.25) is 0 Å². The molecule has 0 aromatic carbocycles. The third kappa shape index (κ3) is 4.53. The predicted molar refractivity (Wildman–Crippen MR) is 149 cm³/mol. The first kappa shape index (κ1) is 25.8. The van der Waals surface area contributed by atoms with E-state index in [1.807, 2.05) is 12.4 Å². The summed E-state index contributed by atoms with van der Waals surface area (Å²) in [4.78, 5) is 10.1. The Morgan fingerprint density at radius 1 is 0.633 bits per heavy atom. The van der Waals surface area contributed by atoms with Crippen molar-refractivity contribution in [2.24, 2.45) is 0 Å². The SMILES string of the molecule is CC(C)[PH](C)(c1ncccc1P(C)c1cccnc1[PH](C)(C(C)C)C(C)C)C(C)C. The van der Waals surface area contributed by atoms with E-state index in [1.165, 1.54) is 21.5 Å². The number of pyridine rings is 2. The van der Waals surface area contributed by atoms with Crippen molar-refractivity contribution in [3.8, 4) is 0 Å². The summed E-state index contributed by atoms with van der Waals surface area (Å²) in [5.41, 5.74) is 5.50. The third-order valence-electron chi connectivity index (χ3n) is 8.11. The van der Waals surface area contributed by atoms with Crippen LogP contribution in [0.15, 0.2) is 36.7 Å². The normalized spacial score (nSPS) is 15.3. The monoisotopic (exact) mass is 466 g/mol. The zero-order chi connectivity index (χ0) is 22.9. The number of hydrogen-bond donors (Lipinski definition) is 0. The fraction of sp³-hybridized carbons (Fsp3) is 0.600. The van der Waals surface area contributed by atoms with Crippen molar-refractivity contribution in [1.29, 1.82) is 0 Å². The topological polar surface area (TPSA) is 25.8 Å². The van der Waals surface area contributed by atoms with Gasteiger partial charge in [0.1, 0.15) is 0 Å². The molecule has 0 aliphatic rings. The molecule has 2 heterocycles. The van der Waals surface area contributed by atoms with Gasteiger partial charge in [-0.25, -0.2) is 0 Å². The molecule has 0 fully saturated rings. The third-order valence-corrected chi connectivity index (χ3v) is 23.1. The second kappa shape index (κ2) is 10.0. The van der Waals surface area contributed by atoms with Crippen molar-refractivity contribution in [3.63, 3.8) is 0 Å². The standard InChI is InChI=1S/C25H45N2P3/c1-18(2)29(10,19(3)4)24-22(14-12-16-26-24)28(9)23-15-13-17-27-25(23)30(11,20(5)6)21(7)8/h12-21,29-30H,1-11H3. The fourth-order valence-electron chi connectivity index (χ4n) is 4.72. The Balaban J connectivity index is 2.73. The minimum absolute atomic E-state index is 0.496. The van der Waals surface area contributed by atoms with Crippen LogP contribution in [0.25, 0.3) is 0 Å². The van der Waals surface area contributed by atoms with Gasteiger partial charge in [0.15, 0.2) is 0 Å². The molecular formula is C25H45N2P3. The van der Waals surface area contributed by atoms with E-state index in [2.05, 4.69) is 99.6 Å². The van der Waals surface area contributed by atoms with Gasteiger partial charge in [0, 0.05) is 0 Å². The van der Waals surface area contributed by atoms with E-state index < -0.39 is 22.4 Å². The molecular weight excluding hydrogens is 421 g/mol. The van der Waals surface area contributed by atoms with E-state index in [0.717, 1.165) is 0 Å². The van der Waals surface area contributed by atoms with Crippen LogP contribution in [0.4, 0.5) is 0 Å². The Morgan fingerprint density at radius 3 is 1.20 bits per heavy atom. The molecule has 0 N–H and O–H groups in total. The van der Waals surface area contributed by atoms with E-state index in [1.54, 1.807) is 0 Å². The summed E-state index contributed by atoms with van der Waals surface area (Å²) in [5, 5.41) is 2.98. The Kier molecular flexibility index (Phi) is 8.64. The van der Waals surface area contributed by atoms with E-state index in [4.69, 9.17) is 9.97 Å². The van der Waals surface area contributed by atoms with Crippen LogP contribution in [-0.4, -0.2) is 52.6 Å². The van der Waals surface area contributed by atoms with Gasteiger partial charge < -0.3 is 0 Å². The van der Waals surface area contributed by atoms with Gasteiger partial charge in [0.05, 0.1) is 0 Å². The summed E-state index contributed by atoms with van der Waals surface area (Å²) >= 11 is 0. The molecule has 0 bridgehead atoms. The molecule has 170 valence electrons. The second-order valence-electron chi connectivity index (χ2n) is 10.5. The van der Waals surface area contributed by atoms with Crippen LogP contribution in [0.5, 0.6) is 0 Å². The molecule has 0 saturated heterocycles. The van der Waals surface area contributed by atoms with Crippen LogP contribution < -0.4 is 21.5 Å². The van der Waals surface area contributed by atoms with Crippen LogP contribution in [0.2, 0.25) is 0 Å². The summed E-state index contributed by atoms with van der Waals surface area (Å²) in [7, 11) is -3.96. The summed E-state index contributed by atoms with van der Waals surface area (Å²) < 4.78 is 0. The maximum atomic E-state index is 5.07. The predicted octanol–water partition coefficient (Wildman–Crippen LogP) is 5.18. The fourth-order valence-corrected chi connectivity index (χ4v) is 15.6. The first-order valence-electron chi connectivity index (χ1n) is 11.5. The summed E-state index contributed by atoms with van der Waals surface area (Å²) in [6.45, 7) is 26.8. The average Bonchev–Trinajstić information content (AvgIpc) is 2.71. The summed E-state index contributed by atoms with van der Waals surface area (Å²) in [6.07, 6.45) is 4.03. The zero-order valence-corrected chi connectivity index (χ0v) is 24.0. The molecule has 2 aromatic heterocycles. The summed E-state index contributed by atoms with van der Waals surface area (Å²) in [6, 6.07) is 9.02. The molecule has 2 aromatic rings. The average molecular weight is 467 g/mol. The van der Waals surface area contributed by atoms with E-state index >= 15 is 0 Å². The first-order valence-corrected chi connectivity index (χ1v) is 18.6. The van der Waals surface area contributed by atoms with Crippen LogP contribution in [0.3, 0.4) is 0 Å². The number of rotatable bonds is 8. The van der Waals surface area contributed by atoms with Crippen molar-refractivity contribution < 1.29 is 0 Å². The number of nitrogens with zero attached hydrogens (tertiary/aromatic N) is 2. The van der Waals surface area contributed by atoms with Crippen molar-refractivity contribution in [3.05, 3.63) is 36.7 Å². The van der Waals surface area contributed by atoms with Crippen LogP contribution in [0.1, 0.15) is 55.4 Å². The Bertz CT molecular complexity index is 760. The Labute approximate surface area is 188 Å². The van der Waals surface area contributed by atoms with Gasteiger partial charge in [0.25, 0.3) is 0 Å². The minimum atomic E-state index is -1.73. The van der Waals surface area contributed by atoms with Crippen molar-refractivity contribution in [2.45, 2.75) is 78.0 Å². The van der Waals surface area contributed by atoms with Crippen molar-refractivity contribution >= 4 is 43.9 Å². The maximum absolute atomic E-state index is 5.07. The van der Waals surface area contributed by atoms with Gasteiger partial charge >= 0.3 is 189 Å². The molecule has 0 aliphatic carbocycles. The van der Waals surface area contributed by atoms with Gasteiger partial charge in [-0.05, 0) is 0 Å². The zero-order valence-electron chi connectivity index (χ0n) is 21.1. The number of aromatic nitrogens is 2. The second-order valence-corrected chi connectivity index (χ2v) is 23.3. The van der Waals surface area contributed by atoms with Crippen LogP contribution >= 0.6 is 22.4 Å².